The molecule has 0 saturated heterocycles. The summed E-state index contributed by atoms with van der Waals surface area (Å²) in [4.78, 5) is 11.4. The van der Waals surface area contributed by atoms with E-state index < -0.39 is 18.3 Å². The number of benzene rings is 1. The van der Waals surface area contributed by atoms with Crippen LogP contribution in [0.3, 0.4) is 0 Å². The Bertz CT molecular complexity index is 493. The molecular formula is C12H13F2NO4. The second-order valence-corrected chi connectivity index (χ2v) is 3.95. The summed E-state index contributed by atoms with van der Waals surface area (Å²) in [6.07, 6.45) is -3.65. The molecule has 0 aliphatic carbocycles. The van der Waals surface area contributed by atoms with Gasteiger partial charge in [0.2, 0.25) is 0 Å². The highest BCUT2D eigenvalue weighted by Crippen LogP contribution is 2.42. The topological polar surface area (TPSA) is 56.8 Å². The third-order valence-electron chi connectivity index (χ3n) is 2.42. The minimum absolute atomic E-state index is 0.0423. The number of ether oxygens (including phenoxy) is 3. The van der Waals surface area contributed by atoms with E-state index in [9.17, 15) is 13.6 Å². The van der Waals surface area contributed by atoms with Crippen LogP contribution in [0.1, 0.15) is 13.8 Å². The SMILES string of the molecule is CCOC(=O)C(C)Nc1ccc2c(c1)OC(F)(F)O2. The number of hydrogen-bond acceptors (Lipinski definition) is 5. The van der Waals surface area contributed by atoms with Crippen LogP contribution in [0.15, 0.2) is 18.2 Å². The first-order chi connectivity index (χ1) is 8.91. The molecule has 1 aromatic carbocycles. The van der Waals surface area contributed by atoms with E-state index in [4.69, 9.17) is 4.74 Å². The number of halogens is 2. The van der Waals surface area contributed by atoms with Gasteiger partial charge in [-0.05, 0) is 26.0 Å². The molecule has 0 spiro atoms. The molecule has 2 rings (SSSR count). The number of esters is 1. The molecule has 1 aromatic rings. The highest BCUT2D eigenvalue weighted by Gasteiger charge is 2.43. The first-order valence-corrected chi connectivity index (χ1v) is 5.74. The summed E-state index contributed by atoms with van der Waals surface area (Å²) in [6, 6.07) is 3.60. The minimum atomic E-state index is -3.65. The van der Waals surface area contributed by atoms with Crippen molar-refractivity contribution in [3.63, 3.8) is 0 Å². The van der Waals surface area contributed by atoms with Crippen LogP contribution in [0.25, 0.3) is 0 Å². The molecule has 0 aromatic heterocycles. The Morgan fingerprint density at radius 2 is 2.11 bits per heavy atom. The molecule has 0 radical (unpaired) electrons. The van der Waals surface area contributed by atoms with Crippen LogP contribution < -0.4 is 14.8 Å². The fourth-order valence-electron chi connectivity index (χ4n) is 1.61. The molecule has 7 heteroatoms. The van der Waals surface area contributed by atoms with Crippen LogP contribution in [-0.2, 0) is 9.53 Å². The number of carbonyl (C=O) groups is 1. The molecule has 19 heavy (non-hydrogen) atoms. The van der Waals surface area contributed by atoms with Gasteiger partial charge >= 0.3 is 12.3 Å². The number of rotatable bonds is 4. The summed E-state index contributed by atoms with van der Waals surface area (Å²) >= 11 is 0. The van der Waals surface area contributed by atoms with Crippen LogP contribution in [0, 0.1) is 0 Å². The quantitative estimate of drug-likeness (QED) is 0.853. The van der Waals surface area contributed by atoms with Crippen molar-refractivity contribution in [3.8, 4) is 11.5 Å². The smallest absolute Gasteiger partial charge is 0.464 e. The van der Waals surface area contributed by atoms with Gasteiger partial charge in [0, 0.05) is 11.8 Å². The Hall–Kier alpha value is -2.05. The predicted octanol–water partition coefficient (Wildman–Crippen LogP) is 2.37. The van der Waals surface area contributed by atoms with Crippen LogP contribution in [0.2, 0.25) is 0 Å². The molecule has 1 heterocycles. The second-order valence-electron chi connectivity index (χ2n) is 3.95. The maximum atomic E-state index is 12.8. The maximum Gasteiger partial charge on any atom is 0.586 e. The Morgan fingerprint density at radius 3 is 2.79 bits per heavy atom. The van der Waals surface area contributed by atoms with E-state index in [1.807, 2.05) is 0 Å². The monoisotopic (exact) mass is 273 g/mol. The first kappa shape index (κ1) is 13.4. The summed E-state index contributed by atoms with van der Waals surface area (Å²) in [5.41, 5.74) is 0.459. The van der Waals surface area contributed by atoms with Crippen LogP contribution in [0.5, 0.6) is 11.5 Å². The lowest BCUT2D eigenvalue weighted by Crippen LogP contribution is -2.28. The van der Waals surface area contributed by atoms with Gasteiger partial charge in [0.05, 0.1) is 6.61 Å². The number of nitrogens with one attached hydrogen (secondary N) is 1. The predicted molar refractivity (Wildman–Crippen MR) is 62.4 cm³/mol. The molecule has 1 aliphatic rings. The Morgan fingerprint density at radius 1 is 1.42 bits per heavy atom. The molecule has 0 amide bonds. The first-order valence-electron chi connectivity index (χ1n) is 5.74. The van der Waals surface area contributed by atoms with Gasteiger partial charge in [-0.15, -0.1) is 8.78 Å². The third-order valence-corrected chi connectivity index (χ3v) is 2.42. The zero-order valence-electron chi connectivity index (χ0n) is 10.4. The lowest BCUT2D eigenvalue weighted by Gasteiger charge is -2.13. The summed E-state index contributed by atoms with van der Waals surface area (Å²) in [5.74, 6) is -0.545. The fraction of sp³-hybridized carbons (Fsp3) is 0.417. The Balaban J connectivity index is 2.06. The third kappa shape index (κ3) is 3.04. The average Bonchev–Trinajstić information content (AvgIpc) is 2.62. The van der Waals surface area contributed by atoms with E-state index in [0.29, 0.717) is 5.69 Å². The van der Waals surface area contributed by atoms with Crippen molar-refractivity contribution >= 4 is 11.7 Å². The van der Waals surface area contributed by atoms with Crippen molar-refractivity contribution < 1.29 is 27.8 Å². The molecule has 104 valence electrons. The van der Waals surface area contributed by atoms with Gasteiger partial charge in [-0.1, -0.05) is 0 Å². The zero-order valence-corrected chi connectivity index (χ0v) is 10.4. The molecule has 1 N–H and O–H groups in total. The highest BCUT2D eigenvalue weighted by atomic mass is 19.3. The molecule has 1 unspecified atom stereocenters. The average molecular weight is 273 g/mol. The van der Waals surface area contributed by atoms with E-state index in [1.54, 1.807) is 13.8 Å². The second kappa shape index (κ2) is 4.91. The van der Waals surface area contributed by atoms with E-state index in [-0.39, 0.29) is 18.1 Å². The summed E-state index contributed by atoms with van der Waals surface area (Å²) in [6.45, 7) is 3.59. The molecule has 0 fully saturated rings. The normalized spacial score (nSPS) is 16.8. The zero-order chi connectivity index (χ0) is 14.0. The van der Waals surface area contributed by atoms with E-state index in [2.05, 4.69) is 14.8 Å². The van der Waals surface area contributed by atoms with Crippen molar-refractivity contribution in [2.45, 2.75) is 26.2 Å². The fourth-order valence-corrected chi connectivity index (χ4v) is 1.61. The summed E-state index contributed by atoms with van der Waals surface area (Å²) in [5, 5.41) is 2.83. The van der Waals surface area contributed by atoms with Gasteiger partial charge < -0.3 is 19.5 Å². The van der Waals surface area contributed by atoms with E-state index >= 15 is 0 Å². The molecule has 1 aliphatic heterocycles. The van der Waals surface area contributed by atoms with Gasteiger partial charge in [0.15, 0.2) is 11.5 Å². The lowest BCUT2D eigenvalue weighted by atomic mass is 10.2. The molecule has 1 atom stereocenters. The number of fused-ring (bicyclic) bond motifs is 1. The number of carbonyl (C=O) groups excluding carboxylic acids is 1. The Labute approximate surface area is 108 Å². The van der Waals surface area contributed by atoms with Crippen LogP contribution in [0.4, 0.5) is 14.5 Å². The molecular weight excluding hydrogens is 260 g/mol. The highest BCUT2D eigenvalue weighted by molar-refractivity contribution is 5.79. The minimum Gasteiger partial charge on any atom is -0.464 e. The number of anilines is 1. The standard InChI is InChI=1S/C12H13F2NO4/c1-3-17-11(16)7(2)15-8-4-5-9-10(6-8)19-12(13,14)18-9/h4-7,15H,3H2,1-2H3. The van der Waals surface area contributed by atoms with Crippen molar-refractivity contribution in [1.82, 2.24) is 0 Å². The summed E-state index contributed by atoms with van der Waals surface area (Å²) in [7, 11) is 0. The van der Waals surface area contributed by atoms with Crippen molar-refractivity contribution in [2.75, 3.05) is 11.9 Å². The van der Waals surface area contributed by atoms with E-state index in [0.717, 1.165) is 0 Å². The Kier molecular flexibility index (Phi) is 3.46. The van der Waals surface area contributed by atoms with Crippen LogP contribution >= 0.6 is 0 Å². The molecule has 0 saturated carbocycles. The summed E-state index contributed by atoms with van der Waals surface area (Å²) < 4.78 is 39.0. The number of alkyl halides is 2. The van der Waals surface area contributed by atoms with Gasteiger partial charge in [0.25, 0.3) is 0 Å². The van der Waals surface area contributed by atoms with Gasteiger partial charge in [-0.25, -0.2) is 4.79 Å². The van der Waals surface area contributed by atoms with Gasteiger partial charge in [-0.3, -0.25) is 0 Å². The van der Waals surface area contributed by atoms with Crippen molar-refractivity contribution in [3.05, 3.63) is 18.2 Å². The van der Waals surface area contributed by atoms with Crippen molar-refractivity contribution in [1.29, 1.82) is 0 Å². The lowest BCUT2D eigenvalue weighted by molar-refractivity contribution is -0.286. The van der Waals surface area contributed by atoms with Gasteiger partial charge in [-0.2, -0.15) is 0 Å². The number of hydrogen-bond donors (Lipinski definition) is 1. The maximum absolute atomic E-state index is 12.8. The van der Waals surface area contributed by atoms with Gasteiger partial charge in [0.1, 0.15) is 6.04 Å². The largest absolute Gasteiger partial charge is 0.586 e. The van der Waals surface area contributed by atoms with Crippen molar-refractivity contribution in [2.24, 2.45) is 0 Å². The van der Waals surface area contributed by atoms with Crippen LogP contribution in [-0.4, -0.2) is 24.9 Å². The molecule has 5 nitrogen and oxygen atoms in total. The molecule has 0 bridgehead atoms. The van der Waals surface area contributed by atoms with E-state index in [1.165, 1.54) is 18.2 Å².